The summed E-state index contributed by atoms with van der Waals surface area (Å²) in [4.78, 5) is 43.8. The van der Waals surface area contributed by atoms with Gasteiger partial charge in [-0.1, -0.05) is 30.3 Å². The molecular formula is C19H14N6O2. The number of nitrogens with one attached hydrogen (secondary N) is 2. The van der Waals surface area contributed by atoms with Crippen molar-refractivity contribution < 1.29 is 4.79 Å². The smallest absolute Gasteiger partial charge is 0.275 e. The van der Waals surface area contributed by atoms with Crippen molar-refractivity contribution in [3.8, 4) is 11.3 Å². The first-order valence-electron chi connectivity index (χ1n) is 8.20. The Morgan fingerprint density at radius 2 is 1.89 bits per heavy atom. The average Bonchev–Trinajstić information content (AvgIpc) is 2.73. The first-order chi connectivity index (χ1) is 13.2. The fourth-order valence-corrected chi connectivity index (χ4v) is 2.56. The van der Waals surface area contributed by atoms with Crippen LogP contribution in [0.25, 0.3) is 22.4 Å². The van der Waals surface area contributed by atoms with Gasteiger partial charge in [-0.05, 0) is 12.1 Å². The van der Waals surface area contributed by atoms with E-state index >= 15 is 0 Å². The molecule has 0 radical (unpaired) electrons. The third-order valence-corrected chi connectivity index (χ3v) is 3.88. The number of nitrogens with zero attached hydrogens (tertiary/aromatic N) is 4. The van der Waals surface area contributed by atoms with E-state index < -0.39 is 0 Å². The van der Waals surface area contributed by atoms with Gasteiger partial charge in [0.05, 0.1) is 18.3 Å². The lowest BCUT2D eigenvalue weighted by Gasteiger charge is -2.06. The highest BCUT2D eigenvalue weighted by molar-refractivity contribution is 5.96. The molecule has 3 heterocycles. The Morgan fingerprint density at radius 1 is 1.04 bits per heavy atom. The fourth-order valence-electron chi connectivity index (χ4n) is 2.56. The van der Waals surface area contributed by atoms with E-state index in [0.717, 1.165) is 0 Å². The van der Waals surface area contributed by atoms with Gasteiger partial charge in [-0.2, -0.15) is 0 Å². The van der Waals surface area contributed by atoms with Crippen LogP contribution in [0.3, 0.4) is 0 Å². The number of benzene rings is 1. The first-order valence-corrected chi connectivity index (χ1v) is 8.20. The molecule has 0 unspecified atom stereocenters. The molecule has 3 aromatic heterocycles. The van der Waals surface area contributed by atoms with Gasteiger partial charge >= 0.3 is 0 Å². The standard InChI is InChI=1S/C19H14N6O2/c26-15(14-10-20-8-9-21-14)11-22-16-7-6-13-18(24-16)25-17(19(27)23-13)12-4-2-1-3-5-12/h1-10H,11H2,(H,23,27)(H,22,24,25). The summed E-state index contributed by atoms with van der Waals surface area (Å²) in [5.41, 5.74) is 1.89. The molecule has 0 atom stereocenters. The molecule has 27 heavy (non-hydrogen) atoms. The van der Waals surface area contributed by atoms with Gasteiger partial charge in [0, 0.05) is 18.0 Å². The minimum absolute atomic E-state index is 0.0199. The highest BCUT2D eigenvalue weighted by Gasteiger charge is 2.10. The topological polar surface area (TPSA) is 114 Å². The number of anilines is 1. The third-order valence-electron chi connectivity index (χ3n) is 3.88. The summed E-state index contributed by atoms with van der Waals surface area (Å²) in [7, 11) is 0. The van der Waals surface area contributed by atoms with E-state index in [1.807, 2.05) is 30.3 Å². The van der Waals surface area contributed by atoms with Crippen molar-refractivity contribution >= 4 is 22.8 Å². The number of hydrogen-bond donors (Lipinski definition) is 2. The largest absolute Gasteiger partial charge is 0.362 e. The van der Waals surface area contributed by atoms with Crippen LogP contribution in [0.15, 0.2) is 65.8 Å². The monoisotopic (exact) mass is 358 g/mol. The van der Waals surface area contributed by atoms with E-state index in [0.29, 0.717) is 28.2 Å². The van der Waals surface area contributed by atoms with Gasteiger partial charge in [0.2, 0.25) is 5.78 Å². The Bertz CT molecular complexity index is 1160. The zero-order valence-electron chi connectivity index (χ0n) is 14.1. The number of ketones is 1. The van der Waals surface area contributed by atoms with Crippen LogP contribution in [0.5, 0.6) is 0 Å². The van der Waals surface area contributed by atoms with E-state index in [9.17, 15) is 9.59 Å². The highest BCUT2D eigenvalue weighted by atomic mass is 16.1. The van der Waals surface area contributed by atoms with Crippen molar-refractivity contribution in [2.45, 2.75) is 0 Å². The summed E-state index contributed by atoms with van der Waals surface area (Å²) in [6, 6.07) is 12.5. The molecule has 0 aliphatic heterocycles. The predicted molar refractivity (Wildman–Crippen MR) is 100 cm³/mol. The van der Waals surface area contributed by atoms with E-state index in [1.54, 1.807) is 12.1 Å². The third kappa shape index (κ3) is 3.54. The summed E-state index contributed by atoms with van der Waals surface area (Å²) in [6.45, 7) is 0.0199. The van der Waals surface area contributed by atoms with Crippen LogP contribution in [0, 0.1) is 0 Å². The zero-order chi connectivity index (χ0) is 18.6. The number of carbonyl (C=O) groups excluding carboxylic acids is 1. The number of hydrogen-bond acceptors (Lipinski definition) is 7. The molecule has 0 aliphatic rings. The van der Waals surface area contributed by atoms with Crippen molar-refractivity contribution in [3.05, 3.63) is 77.1 Å². The number of carbonyl (C=O) groups is 1. The molecule has 2 N–H and O–H groups in total. The van der Waals surface area contributed by atoms with Crippen LogP contribution < -0.4 is 10.9 Å². The van der Waals surface area contributed by atoms with E-state index in [-0.39, 0.29) is 23.6 Å². The van der Waals surface area contributed by atoms with Crippen LogP contribution in [-0.2, 0) is 0 Å². The summed E-state index contributed by atoms with van der Waals surface area (Å²) in [5, 5.41) is 2.95. The molecule has 0 saturated carbocycles. The maximum absolute atomic E-state index is 12.3. The van der Waals surface area contributed by atoms with Gasteiger partial charge < -0.3 is 10.3 Å². The quantitative estimate of drug-likeness (QED) is 0.525. The second kappa shape index (κ2) is 7.12. The molecule has 4 rings (SSSR count). The Balaban J connectivity index is 1.61. The normalized spacial score (nSPS) is 10.7. The Morgan fingerprint density at radius 3 is 2.67 bits per heavy atom. The van der Waals surface area contributed by atoms with Crippen LogP contribution in [0.4, 0.5) is 5.82 Å². The summed E-state index contributed by atoms with van der Waals surface area (Å²) < 4.78 is 0. The maximum Gasteiger partial charge on any atom is 0.275 e. The van der Waals surface area contributed by atoms with E-state index in [1.165, 1.54) is 18.6 Å². The number of fused-ring (bicyclic) bond motifs is 1. The Hall–Kier alpha value is -3.94. The van der Waals surface area contributed by atoms with Crippen LogP contribution in [0.1, 0.15) is 10.5 Å². The van der Waals surface area contributed by atoms with Gasteiger partial charge in [-0.15, -0.1) is 0 Å². The lowest BCUT2D eigenvalue weighted by Crippen LogP contribution is -2.17. The first kappa shape index (κ1) is 16.5. The lowest BCUT2D eigenvalue weighted by atomic mass is 10.1. The molecule has 132 valence electrons. The number of rotatable bonds is 5. The van der Waals surface area contributed by atoms with Crippen molar-refractivity contribution in [1.29, 1.82) is 0 Å². The van der Waals surface area contributed by atoms with Crippen molar-refractivity contribution in [3.63, 3.8) is 0 Å². The van der Waals surface area contributed by atoms with Crippen molar-refractivity contribution in [2.75, 3.05) is 11.9 Å². The van der Waals surface area contributed by atoms with Crippen LogP contribution >= 0.6 is 0 Å². The molecule has 8 nitrogen and oxygen atoms in total. The second-order valence-electron chi connectivity index (χ2n) is 5.72. The highest BCUT2D eigenvalue weighted by Crippen LogP contribution is 2.16. The number of aromatic amines is 1. The molecule has 0 bridgehead atoms. The molecule has 0 aliphatic carbocycles. The van der Waals surface area contributed by atoms with Gasteiger partial charge in [0.1, 0.15) is 17.2 Å². The fraction of sp³-hybridized carbons (Fsp3) is 0.0526. The molecule has 0 saturated heterocycles. The van der Waals surface area contributed by atoms with Gasteiger partial charge in [0.15, 0.2) is 5.65 Å². The molecule has 4 aromatic rings. The molecular weight excluding hydrogens is 344 g/mol. The Kier molecular flexibility index (Phi) is 4.36. The maximum atomic E-state index is 12.3. The van der Waals surface area contributed by atoms with Crippen LogP contribution in [-0.4, -0.2) is 37.2 Å². The van der Waals surface area contributed by atoms with Crippen LogP contribution in [0.2, 0.25) is 0 Å². The SMILES string of the molecule is O=C(CNc1ccc2[nH]c(=O)c(-c3ccccc3)nc2n1)c1cnccn1. The number of H-pyrrole nitrogens is 1. The van der Waals surface area contributed by atoms with Crippen molar-refractivity contribution in [2.24, 2.45) is 0 Å². The molecule has 0 amide bonds. The number of Topliss-reactive ketones (excluding diaryl/α,β-unsaturated/α-hetero) is 1. The molecule has 8 heteroatoms. The minimum Gasteiger partial charge on any atom is -0.362 e. The summed E-state index contributed by atoms with van der Waals surface area (Å²) in [5.74, 6) is 0.266. The Labute approximate surface area is 153 Å². The van der Waals surface area contributed by atoms with Crippen molar-refractivity contribution in [1.82, 2.24) is 24.9 Å². The number of aromatic nitrogens is 5. The number of pyridine rings is 1. The van der Waals surface area contributed by atoms with Gasteiger partial charge in [0.25, 0.3) is 5.56 Å². The molecule has 1 aromatic carbocycles. The predicted octanol–water partition coefficient (Wildman–Crippen LogP) is 2.07. The minimum atomic E-state index is -0.283. The van der Waals surface area contributed by atoms with E-state index in [4.69, 9.17) is 0 Å². The molecule has 0 fully saturated rings. The summed E-state index contributed by atoms with van der Waals surface area (Å²) >= 11 is 0. The van der Waals surface area contributed by atoms with Gasteiger partial charge in [-0.3, -0.25) is 14.6 Å². The average molecular weight is 358 g/mol. The van der Waals surface area contributed by atoms with E-state index in [2.05, 4.69) is 30.2 Å². The van der Waals surface area contributed by atoms with Gasteiger partial charge in [-0.25, -0.2) is 15.0 Å². The lowest BCUT2D eigenvalue weighted by molar-refractivity contribution is 0.100. The second-order valence-corrected chi connectivity index (χ2v) is 5.72. The summed E-state index contributed by atoms with van der Waals surface area (Å²) in [6.07, 6.45) is 4.38. The molecule has 0 spiro atoms. The zero-order valence-corrected chi connectivity index (χ0v) is 14.1.